The average Bonchev–Trinajstić information content (AvgIpc) is 0.794. The third-order valence-corrected chi connectivity index (χ3v) is 23.0. The SMILES string of the molecule is Cc1nc(C)nc(C)n1.Cc1nc2c(C)c(C)c(C)c(C)c2c(C)c1C.Cc1nc2c(C)c(C)c(C)c(C)c2c(C)c1C.Cc1nc2c(C)c(C)c(C)c(C)c2c(C)c1C.Cc1nc2c(C)c(C)c(C)c(C)c2c(C)c1C.Cc1nc2c(C)c(C)c(C)c(C)c2c(C)c1C. The summed E-state index contributed by atoms with van der Waals surface area (Å²) in [5, 5.41) is 6.78. The molecular weight excluding hydrogens is 1150 g/mol. The molecule has 0 spiro atoms. The zero-order valence-electron chi connectivity index (χ0n) is 65.6. The minimum atomic E-state index is 0.792. The first-order valence-electron chi connectivity index (χ1n) is 33.8. The standard InChI is InChI=1S/5C16H21N.C6H9N3/c5*1-8-9(2)13(6)16-15(11(8)4)12(5)10(3)14(7)17-16;1-4-7-5(2)9-6(3)8-4/h5*1-7H3;1-3H3. The second kappa shape index (κ2) is 29.0. The summed E-state index contributed by atoms with van der Waals surface area (Å²) in [5.41, 5.74) is 52.7. The molecule has 11 rings (SSSR count). The molecule has 8 nitrogen and oxygen atoms in total. The van der Waals surface area contributed by atoms with Gasteiger partial charge in [-0.1, -0.05) is 0 Å². The average molecular weight is 1260 g/mol. The van der Waals surface area contributed by atoms with Gasteiger partial charge in [0.25, 0.3) is 0 Å². The summed E-state index contributed by atoms with van der Waals surface area (Å²) in [7, 11) is 0. The van der Waals surface area contributed by atoms with Crippen molar-refractivity contribution in [1.29, 1.82) is 0 Å². The third kappa shape index (κ3) is 14.0. The molecule has 0 N–H and O–H groups in total. The number of rotatable bonds is 0. The lowest BCUT2D eigenvalue weighted by atomic mass is 9.90. The van der Waals surface area contributed by atoms with E-state index in [2.05, 4.69) is 257 Å². The molecule has 11 aromatic rings. The number of hydrogen-bond donors (Lipinski definition) is 0. The lowest BCUT2D eigenvalue weighted by molar-refractivity contribution is 0.875. The molecule has 0 saturated heterocycles. The van der Waals surface area contributed by atoms with Crippen LogP contribution in [0.1, 0.15) is 213 Å². The van der Waals surface area contributed by atoms with Crippen LogP contribution in [0.4, 0.5) is 0 Å². The Morgan fingerprint density at radius 1 is 0.106 bits per heavy atom. The topological polar surface area (TPSA) is 103 Å². The lowest BCUT2D eigenvalue weighted by Gasteiger charge is -2.17. The van der Waals surface area contributed by atoms with Gasteiger partial charge in [0.1, 0.15) is 17.5 Å². The fourth-order valence-corrected chi connectivity index (χ4v) is 13.8. The van der Waals surface area contributed by atoms with Gasteiger partial charge in [0.05, 0.1) is 27.6 Å². The summed E-state index contributed by atoms with van der Waals surface area (Å²) < 4.78 is 0. The highest BCUT2D eigenvalue weighted by Crippen LogP contribution is 2.37. The molecule has 0 atom stereocenters. The molecule has 0 bridgehead atoms. The van der Waals surface area contributed by atoms with Crippen LogP contribution < -0.4 is 0 Å². The van der Waals surface area contributed by atoms with Crippen LogP contribution in [0.25, 0.3) is 54.5 Å². The first-order valence-corrected chi connectivity index (χ1v) is 33.8. The van der Waals surface area contributed by atoms with Gasteiger partial charge in [-0.3, -0.25) is 24.9 Å². The van der Waals surface area contributed by atoms with E-state index in [1.807, 2.05) is 20.8 Å². The van der Waals surface area contributed by atoms with E-state index in [9.17, 15) is 0 Å². The molecule has 8 heteroatoms. The van der Waals surface area contributed by atoms with E-state index >= 15 is 0 Å². The van der Waals surface area contributed by atoms with E-state index < -0.39 is 0 Å². The molecule has 0 amide bonds. The highest BCUT2D eigenvalue weighted by molar-refractivity contribution is 5.95. The summed E-state index contributed by atoms with van der Waals surface area (Å²) in [6.45, 7) is 82.1. The second-order valence-electron chi connectivity index (χ2n) is 27.8. The maximum Gasteiger partial charge on any atom is 0.129 e. The highest BCUT2D eigenvalue weighted by Gasteiger charge is 2.20. The summed E-state index contributed by atoms with van der Waals surface area (Å²) >= 11 is 0. The Morgan fingerprint density at radius 3 is 0.340 bits per heavy atom. The number of benzene rings is 5. The van der Waals surface area contributed by atoms with E-state index in [0.717, 1.165) is 45.9 Å². The van der Waals surface area contributed by atoms with E-state index in [1.54, 1.807) is 0 Å². The van der Waals surface area contributed by atoms with Crippen LogP contribution in [-0.2, 0) is 0 Å². The number of nitrogens with zero attached hydrogens (tertiary/aromatic N) is 8. The molecule has 0 saturated carbocycles. The second-order valence-corrected chi connectivity index (χ2v) is 27.8. The summed E-state index contributed by atoms with van der Waals surface area (Å²) in [4.78, 5) is 36.0. The molecule has 0 aliphatic rings. The van der Waals surface area contributed by atoms with E-state index in [-0.39, 0.29) is 0 Å². The van der Waals surface area contributed by atoms with Crippen molar-refractivity contribution in [3.63, 3.8) is 0 Å². The van der Waals surface area contributed by atoms with E-state index in [1.165, 1.54) is 221 Å². The monoisotopic (exact) mass is 1260 g/mol. The summed E-state index contributed by atoms with van der Waals surface area (Å²) in [6.07, 6.45) is 0. The number of aromatic nitrogens is 8. The predicted octanol–water partition coefficient (Wildman–Crippen LogP) is 22.8. The molecule has 0 aliphatic heterocycles. The number of hydrogen-bond acceptors (Lipinski definition) is 8. The van der Waals surface area contributed by atoms with Gasteiger partial charge in [-0.25, -0.2) is 15.0 Å². The Balaban J connectivity index is 0.000000180. The summed E-state index contributed by atoms with van der Waals surface area (Å²) in [6, 6.07) is 0. The van der Waals surface area contributed by atoms with Crippen molar-refractivity contribution in [2.45, 2.75) is 263 Å². The maximum atomic E-state index is 4.80. The molecule has 6 heterocycles. The normalized spacial score (nSPS) is 11.1. The van der Waals surface area contributed by atoms with Crippen LogP contribution >= 0.6 is 0 Å². The van der Waals surface area contributed by atoms with Gasteiger partial charge in [0.2, 0.25) is 0 Å². The first-order chi connectivity index (χ1) is 43.5. The van der Waals surface area contributed by atoms with Crippen LogP contribution in [-0.4, -0.2) is 39.9 Å². The fraction of sp³-hybridized carbons (Fsp3) is 0.442. The summed E-state index contributed by atoms with van der Waals surface area (Å²) in [5.74, 6) is 2.38. The Bertz CT molecular complexity index is 4150. The van der Waals surface area contributed by atoms with Crippen molar-refractivity contribution in [2.75, 3.05) is 0 Å². The smallest absolute Gasteiger partial charge is 0.129 e. The zero-order valence-corrected chi connectivity index (χ0v) is 65.6. The van der Waals surface area contributed by atoms with Gasteiger partial charge in [-0.2, -0.15) is 0 Å². The van der Waals surface area contributed by atoms with Crippen LogP contribution in [0.15, 0.2) is 0 Å². The largest absolute Gasteiger partial charge is 0.253 e. The van der Waals surface area contributed by atoms with Gasteiger partial charge in [-0.15, -0.1) is 0 Å². The van der Waals surface area contributed by atoms with E-state index in [0.29, 0.717) is 0 Å². The van der Waals surface area contributed by atoms with Crippen molar-refractivity contribution in [1.82, 2.24) is 39.9 Å². The molecule has 5 aromatic carbocycles. The Hall–Kier alpha value is -7.84. The first kappa shape index (κ1) is 75.2. The number of aryl methyl sites for hydroxylation is 23. The highest BCUT2D eigenvalue weighted by atomic mass is 15.0. The molecule has 0 radical (unpaired) electrons. The molecule has 0 fully saturated rings. The van der Waals surface area contributed by atoms with Crippen LogP contribution in [0.3, 0.4) is 0 Å². The number of pyridine rings is 5. The lowest BCUT2D eigenvalue weighted by Crippen LogP contribution is -2.01. The Morgan fingerprint density at radius 2 is 0.213 bits per heavy atom. The third-order valence-electron chi connectivity index (χ3n) is 23.0. The molecular formula is C86H114N8. The van der Waals surface area contributed by atoms with Gasteiger partial charge >= 0.3 is 0 Å². The minimum absolute atomic E-state index is 0.792. The molecule has 0 aliphatic carbocycles. The quantitative estimate of drug-likeness (QED) is 0.148. The van der Waals surface area contributed by atoms with Crippen LogP contribution in [0, 0.1) is 263 Å². The van der Waals surface area contributed by atoms with Crippen LogP contribution in [0.5, 0.6) is 0 Å². The van der Waals surface area contributed by atoms with Gasteiger partial charge in [-0.05, 0) is 430 Å². The van der Waals surface area contributed by atoms with Crippen molar-refractivity contribution in [2.24, 2.45) is 0 Å². The van der Waals surface area contributed by atoms with Crippen molar-refractivity contribution < 1.29 is 0 Å². The fourth-order valence-electron chi connectivity index (χ4n) is 13.8. The Labute approximate surface area is 567 Å². The maximum absolute atomic E-state index is 4.80. The molecule has 6 aromatic heterocycles. The zero-order chi connectivity index (χ0) is 71.4. The van der Waals surface area contributed by atoms with Gasteiger partial charge in [0.15, 0.2) is 0 Å². The molecule has 0 unspecified atom stereocenters. The molecule has 94 heavy (non-hydrogen) atoms. The van der Waals surface area contributed by atoms with Crippen LogP contribution in [0.2, 0.25) is 0 Å². The number of fused-ring (bicyclic) bond motifs is 5. The predicted molar refractivity (Wildman–Crippen MR) is 409 cm³/mol. The van der Waals surface area contributed by atoms with Gasteiger partial charge < -0.3 is 0 Å². The van der Waals surface area contributed by atoms with Crippen molar-refractivity contribution in [3.05, 3.63) is 213 Å². The molecule has 498 valence electrons. The Kier molecular flexibility index (Phi) is 23.2. The van der Waals surface area contributed by atoms with E-state index in [4.69, 9.17) is 24.9 Å². The minimum Gasteiger partial charge on any atom is -0.253 e. The van der Waals surface area contributed by atoms with Crippen molar-refractivity contribution >= 4 is 54.5 Å². The van der Waals surface area contributed by atoms with Gasteiger partial charge in [0, 0.05) is 55.4 Å². The van der Waals surface area contributed by atoms with Crippen molar-refractivity contribution in [3.8, 4) is 0 Å².